The maximum absolute atomic E-state index is 12.2. The van der Waals surface area contributed by atoms with Gasteiger partial charge in [0.15, 0.2) is 6.10 Å². The van der Waals surface area contributed by atoms with E-state index >= 15 is 0 Å². The van der Waals surface area contributed by atoms with E-state index in [-0.39, 0.29) is 12.0 Å². The molecule has 1 N–H and O–H groups in total. The maximum atomic E-state index is 12.2. The van der Waals surface area contributed by atoms with Gasteiger partial charge >= 0.3 is 5.97 Å². The topological polar surface area (TPSA) is 66.8 Å². The van der Waals surface area contributed by atoms with E-state index < -0.39 is 12.1 Å². The Balaban J connectivity index is 1.80. The van der Waals surface area contributed by atoms with Crippen molar-refractivity contribution in [3.05, 3.63) is 11.6 Å². The van der Waals surface area contributed by atoms with Gasteiger partial charge in [-0.1, -0.05) is 18.9 Å². The second-order valence-corrected chi connectivity index (χ2v) is 6.48. The number of carboxylic acids is 1. The van der Waals surface area contributed by atoms with Crippen LogP contribution < -0.4 is 0 Å². The largest absolute Gasteiger partial charge is 0.479 e. The number of amides is 1. The molecule has 2 rings (SSSR count). The summed E-state index contributed by atoms with van der Waals surface area (Å²) in [6.45, 7) is 5.61. The third-order valence-corrected chi connectivity index (χ3v) is 4.72. The molecular formula is C17H27NO4. The molecule has 2 fully saturated rings. The number of aliphatic carboxylic acids is 1. The number of piperidine rings is 1. The van der Waals surface area contributed by atoms with Crippen molar-refractivity contribution in [1.29, 1.82) is 0 Å². The van der Waals surface area contributed by atoms with Gasteiger partial charge < -0.3 is 14.7 Å². The van der Waals surface area contributed by atoms with Gasteiger partial charge in [0.25, 0.3) is 0 Å². The van der Waals surface area contributed by atoms with Crippen molar-refractivity contribution in [2.24, 2.45) is 5.92 Å². The van der Waals surface area contributed by atoms with Gasteiger partial charge in [-0.05, 0) is 44.9 Å². The standard InChI is InChI=1S/C17H27NO4/c1-3-4-12(2)11-16(19)18-9-7-13(8-10-18)14-5-6-15(22-14)17(20)21/h11,13-15H,3-10H2,1-2H3,(H,20,21)/b12-11+/t14-,15+/m0/s1. The fourth-order valence-corrected chi connectivity index (χ4v) is 3.45. The van der Waals surface area contributed by atoms with Crippen molar-refractivity contribution in [2.45, 2.75) is 64.6 Å². The summed E-state index contributed by atoms with van der Waals surface area (Å²) in [6, 6.07) is 0. The van der Waals surface area contributed by atoms with E-state index in [4.69, 9.17) is 9.84 Å². The average Bonchev–Trinajstić information content (AvgIpc) is 2.97. The first kappa shape index (κ1) is 17.0. The summed E-state index contributed by atoms with van der Waals surface area (Å²) < 4.78 is 5.64. The van der Waals surface area contributed by atoms with Crippen LogP contribution in [0.2, 0.25) is 0 Å². The summed E-state index contributed by atoms with van der Waals surface area (Å²) in [5.74, 6) is -0.360. The Morgan fingerprint density at radius 1 is 1.23 bits per heavy atom. The lowest BCUT2D eigenvalue weighted by molar-refractivity contribution is -0.150. The smallest absolute Gasteiger partial charge is 0.332 e. The zero-order valence-electron chi connectivity index (χ0n) is 13.6. The van der Waals surface area contributed by atoms with Crippen LogP contribution in [0.5, 0.6) is 0 Å². The average molecular weight is 309 g/mol. The molecular weight excluding hydrogens is 282 g/mol. The van der Waals surface area contributed by atoms with Crippen LogP contribution in [-0.4, -0.2) is 47.2 Å². The normalized spacial score (nSPS) is 27.2. The summed E-state index contributed by atoms with van der Waals surface area (Å²) in [5.41, 5.74) is 1.14. The number of carboxylic acid groups (broad SMARTS) is 1. The molecule has 2 aliphatic heterocycles. The second-order valence-electron chi connectivity index (χ2n) is 6.48. The van der Waals surface area contributed by atoms with Crippen LogP contribution in [0.4, 0.5) is 0 Å². The fourth-order valence-electron chi connectivity index (χ4n) is 3.45. The lowest BCUT2D eigenvalue weighted by Crippen LogP contribution is -2.40. The van der Waals surface area contributed by atoms with Crippen LogP contribution >= 0.6 is 0 Å². The van der Waals surface area contributed by atoms with Gasteiger partial charge in [-0.15, -0.1) is 0 Å². The Bertz CT molecular complexity index is 438. The van der Waals surface area contributed by atoms with Gasteiger partial charge in [0.2, 0.25) is 5.91 Å². The number of carbonyl (C=O) groups excluding carboxylic acids is 1. The van der Waals surface area contributed by atoms with E-state index in [0.717, 1.165) is 50.8 Å². The van der Waals surface area contributed by atoms with Crippen molar-refractivity contribution in [3.63, 3.8) is 0 Å². The highest BCUT2D eigenvalue weighted by molar-refractivity contribution is 5.88. The molecule has 0 aromatic carbocycles. The lowest BCUT2D eigenvalue weighted by atomic mass is 9.89. The molecule has 2 heterocycles. The summed E-state index contributed by atoms with van der Waals surface area (Å²) in [7, 11) is 0. The molecule has 0 aliphatic carbocycles. The van der Waals surface area contributed by atoms with Crippen LogP contribution in [0.1, 0.15) is 52.4 Å². The number of nitrogens with zero attached hydrogens (tertiary/aromatic N) is 1. The third kappa shape index (κ3) is 4.32. The molecule has 5 heteroatoms. The molecule has 5 nitrogen and oxygen atoms in total. The molecule has 0 spiro atoms. The van der Waals surface area contributed by atoms with Crippen LogP contribution in [0.15, 0.2) is 11.6 Å². The van der Waals surface area contributed by atoms with Crippen LogP contribution in [0.3, 0.4) is 0 Å². The Kier molecular flexibility index (Phi) is 6.00. The molecule has 0 bridgehead atoms. The number of rotatable bonds is 5. The maximum Gasteiger partial charge on any atom is 0.332 e. The number of hydrogen-bond donors (Lipinski definition) is 1. The quantitative estimate of drug-likeness (QED) is 0.793. The molecule has 0 saturated carbocycles. The summed E-state index contributed by atoms with van der Waals surface area (Å²) in [5, 5.41) is 8.99. The predicted molar refractivity (Wildman–Crippen MR) is 83.5 cm³/mol. The van der Waals surface area contributed by atoms with Crippen molar-refractivity contribution in [3.8, 4) is 0 Å². The first-order valence-electron chi connectivity index (χ1n) is 8.35. The molecule has 0 radical (unpaired) electrons. The first-order valence-corrected chi connectivity index (χ1v) is 8.35. The summed E-state index contributed by atoms with van der Waals surface area (Å²) in [4.78, 5) is 25.0. The zero-order valence-corrected chi connectivity index (χ0v) is 13.6. The van der Waals surface area contributed by atoms with E-state index in [1.165, 1.54) is 0 Å². The van der Waals surface area contributed by atoms with Gasteiger partial charge in [0.1, 0.15) is 0 Å². The Hall–Kier alpha value is -1.36. The van der Waals surface area contributed by atoms with Crippen molar-refractivity contribution >= 4 is 11.9 Å². The van der Waals surface area contributed by atoms with Gasteiger partial charge in [-0.2, -0.15) is 0 Å². The van der Waals surface area contributed by atoms with E-state index in [0.29, 0.717) is 12.3 Å². The number of carbonyl (C=O) groups is 2. The van der Waals surface area contributed by atoms with Gasteiger partial charge in [0.05, 0.1) is 6.10 Å². The molecule has 0 aromatic heterocycles. The van der Waals surface area contributed by atoms with Crippen molar-refractivity contribution in [1.82, 2.24) is 4.90 Å². The summed E-state index contributed by atoms with van der Waals surface area (Å²) in [6.07, 6.45) is 6.45. The minimum absolute atomic E-state index is 0.0516. The zero-order chi connectivity index (χ0) is 16.1. The fraction of sp³-hybridized carbons (Fsp3) is 0.765. The molecule has 2 atom stereocenters. The molecule has 22 heavy (non-hydrogen) atoms. The molecule has 0 aromatic rings. The van der Waals surface area contributed by atoms with E-state index in [1.807, 2.05) is 11.8 Å². The first-order chi connectivity index (χ1) is 10.5. The highest BCUT2D eigenvalue weighted by Gasteiger charge is 2.36. The number of allylic oxidation sites excluding steroid dienone is 1. The highest BCUT2D eigenvalue weighted by atomic mass is 16.5. The van der Waals surface area contributed by atoms with E-state index in [2.05, 4.69) is 6.92 Å². The van der Waals surface area contributed by atoms with Crippen molar-refractivity contribution in [2.75, 3.05) is 13.1 Å². The lowest BCUT2D eigenvalue weighted by Gasteiger charge is -2.34. The molecule has 0 unspecified atom stereocenters. The molecule has 124 valence electrons. The Labute approximate surface area is 132 Å². The highest BCUT2D eigenvalue weighted by Crippen LogP contribution is 2.32. The monoisotopic (exact) mass is 309 g/mol. The van der Waals surface area contributed by atoms with Gasteiger partial charge in [0, 0.05) is 19.2 Å². The minimum atomic E-state index is -0.855. The number of hydrogen-bond acceptors (Lipinski definition) is 3. The van der Waals surface area contributed by atoms with Crippen LogP contribution in [0.25, 0.3) is 0 Å². The Morgan fingerprint density at radius 3 is 2.45 bits per heavy atom. The van der Waals surface area contributed by atoms with Crippen molar-refractivity contribution < 1.29 is 19.4 Å². The van der Waals surface area contributed by atoms with E-state index in [1.54, 1.807) is 6.08 Å². The van der Waals surface area contributed by atoms with Crippen LogP contribution in [0, 0.1) is 5.92 Å². The molecule has 2 aliphatic rings. The Morgan fingerprint density at radius 2 is 1.91 bits per heavy atom. The third-order valence-electron chi connectivity index (χ3n) is 4.72. The number of likely N-dealkylation sites (tertiary alicyclic amines) is 1. The van der Waals surface area contributed by atoms with Gasteiger partial charge in [-0.25, -0.2) is 4.79 Å². The SMILES string of the molecule is CCC/C(C)=C/C(=O)N1CCC([C@@H]2CC[C@H](C(=O)O)O2)CC1. The minimum Gasteiger partial charge on any atom is -0.479 e. The second kappa shape index (κ2) is 7.77. The molecule has 2 saturated heterocycles. The predicted octanol–water partition coefficient (Wildman–Crippen LogP) is 2.60. The van der Waals surface area contributed by atoms with E-state index in [9.17, 15) is 9.59 Å². The molecule has 1 amide bonds. The summed E-state index contributed by atoms with van der Waals surface area (Å²) >= 11 is 0. The van der Waals surface area contributed by atoms with Gasteiger partial charge in [-0.3, -0.25) is 4.79 Å². The number of ether oxygens (including phenoxy) is 1. The van der Waals surface area contributed by atoms with Crippen LogP contribution in [-0.2, 0) is 14.3 Å².